The Kier molecular flexibility index (Phi) is 3.11. The summed E-state index contributed by atoms with van der Waals surface area (Å²) in [5.41, 5.74) is 2.79. The first kappa shape index (κ1) is 12.6. The van der Waals surface area contributed by atoms with Gasteiger partial charge in [-0.2, -0.15) is 5.26 Å². The number of fused-ring (bicyclic) bond motifs is 1. The highest BCUT2D eigenvalue weighted by Gasteiger charge is 2.22. The van der Waals surface area contributed by atoms with Gasteiger partial charge in [0, 0.05) is 5.69 Å². The van der Waals surface area contributed by atoms with Crippen molar-refractivity contribution in [2.75, 3.05) is 5.32 Å². The van der Waals surface area contributed by atoms with E-state index in [2.05, 4.69) is 5.32 Å². The molecule has 0 radical (unpaired) electrons. The zero-order chi connectivity index (χ0) is 14.1. The number of rotatable bonds is 2. The maximum atomic E-state index is 13.3. The molecule has 1 aliphatic rings. The Morgan fingerprint density at radius 3 is 2.80 bits per heavy atom. The molecule has 2 aromatic rings. The lowest BCUT2D eigenvalue weighted by atomic mass is 10.1. The second kappa shape index (κ2) is 4.93. The van der Waals surface area contributed by atoms with Crippen molar-refractivity contribution < 1.29 is 8.78 Å². The van der Waals surface area contributed by atoms with Crippen LogP contribution in [0.2, 0.25) is 0 Å². The molecule has 1 N–H and O–H groups in total. The van der Waals surface area contributed by atoms with Crippen LogP contribution in [0.25, 0.3) is 0 Å². The first-order chi connectivity index (χ1) is 9.67. The van der Waals surface area contributed by atoms with Crippen LogP contribution in [0, 0.1) is 23.0 Å². The molecule has 0 amide bonds. The van der Waals surface area contributed by atoms with Crippen molar-refractivity contribution >= 4 is 5.69 Å². The van der Waals surface area contributed by atoms with Gasteiger partial charge in [0.15, 0.2) is 0 Å². The highest BCUT2D eigenvalue weighted by Crippen LogP contribution is 2.34. The van der Waals surface area contributed by atoms with E-state index in [0.29, 0.717) is 5.69 Å². The van der Waals surface area contributed by atoms with Gasteiger partial charge in [-0.15, -0.1) is 0 Å². The number of nitrogens with zero attached hydrogens (tertiary/aromatic N) is 1. The lowest BCUT2D eigenvalue weighted by Crippen LogP contribution is -2.07. The third kappa shape index (κ3) is 2.23. The predicted octanol–water partition coefficient (Wildman–Crippen LogP) is 3.94. The molecule has 0 heterocycles. The van der Waals surface area contributed by atoms with Gasteiger partial charge < -0.3 is 5.32 Å². The number of nitriles is 1. The maximum absolute atomic E-state index is 13.3. The van der Waals surface area contributed by atoms with E-state index in [-0.39, 0.29) is 17.4 Å². The second-order valence-electron chi connectivity index (χ2n) is 4.89. The van der Waals surface area contributed by atoms with Gasteiger partial charge in [-0.25, -0.2) is 8.78 Å². The van der Waals surface area contributed by atoms with Gasteiger partial charge in [0.05, 0.1) is 11.6 Å². The molecule has 0 aromatic heterocycles. The number of nitrogens with one attached hydrogen (secondary N) is 1. The summed E-state index contributed by atoms with van der Waals surface area (Å²) in [5.74, 6) is -0.745. The Bertz CT molecular complexity index is 704. The SMILES string of the molecule is N#Cc1cc(NC2CCc3cc(F)ccc32)ccc1F. The molecule has 2 aromatic carbocycles. The van der Waals surface area contributed by atoms with Crippen molar-refractivity contribution in [3.05, 3.63) is 64.7 Å². The molecule has 0 saturated carbocycles. The van der Waals surface area contributed by atoms with E-state index in [1.165, 1.54) is 18.2 Å². The van der Waals surface area contributed by atoms with Gasteiger partial charge in [0.1, 0.15) is 17.7 Å². The van der Waals surface area contributed by atoms with Gasteiger partial charge >= 0.3 is 0 Å². The van der Waals surface area contributed by atoms with Crippen LogP contribution in [0.15, 0.2) is 36.4 Å². The Morgan fingerprint density at radius 1 is 1.15 bits per heavy atom. The topological polar surface area (TPSA) is 35.8 Å². The number of aryl methyl sites for hydroxylation is 1. The first-order valence-corrected chi connectivity index (χ1v) is 6.42. The van der Waals surface area contributed by atoms with E-state index in [9.17, 15) is 8.78 Å². The molecule has 1 atom stereocenters. The zero-order valence-corrected chi connectivity index (χ0v) is 10.7. The molecular weight excluding hydrogens is 258 g/mol. The summed E-state index contributed by atoms with van der Waals surface area (Å²) in [5, 5.41) is 12.1. The summed E-state index contributed by atoms with van der Waals surface area (Å²) in [4.78, 5) is 0. The van der Waals surface area contributed by atoms with Crippen LogP contribution in [-0.2, 0) is 6.42 Å². The average molecular weight is 270 g/mol. The normalized spacial score (nSPS) is 16.6. The van der Waals surface area contributed by atoms with E-state index in [0.717, 1.165) is 24.0 Å². The number of hydrogen-bond acceptors (Lipinski definition) is 2. The summed E-state index contributed by atoms with van der Waals surface area (Å²) in [6, 6.07) is 11.1. The maximum Gasteiger partial charge on any atom is 0.141 e. The second-order valence-corrected chi connectivity index (χ2v) is 4.89. The third-order valence-electron chi connectivity index (χ3n) is 3.61. The molecule has 3 rings (SSSR count). The molecule has 0 saturated heterocycles. The predicted molar refractivity (Wildman–Crippen MR) is 72.2 cm³/mol. The fourth-order valence-electron chi connectivity index (χ4n) is 2.64. The molecule has 0 bridgehead atoms. The van der Waals surface area contributed by atoms with E-state index in [1.807, 2.05) is 6.07 Å². The quantitative estimate of drug-likeness (QED) is 0.897. The molecule has 1 aliphatic carbocycles. The number of hydrogen-bond donors (Lipinski definition) is 1. The van der Waals surface area contributed by atoms with Crippen LogP contribution in [-0.4, -0.2) is 0 Å². The van der Waals surface area contributed by atoms with Gasteiger partial charge in [-0.3, -0.25) is 0 Å². The largest absolute Gasteiger partial charge is 0.378 e. The minimum atomic E-state index is -0.521. The van der Waals surface area contributed by atoms with E-state index in [4.69, 9.17) is 5.26 Å². The molecular formula is C16H12F2N2. The van der Waals surface area contributed by atoms with E-state index < -0.39 is 5.82 Å². The van der Waals surface area contributed by atoms with Crippen molar-refractivity contribution in [2.24, 2.45) is 0 Å². The van der Waals surface area contributed by atoms with Crippen LogP contribution >= 0.6 is 0 Å². The summed E-state index contributed by atoms with van der Waals surface area (Å²) in [7, 11) is 0. The van der Waals surface area contributed by atoms with Crippen molar-refractivity contribution in [2.45, 2.75) is 18.9 Å². The van der Waals surface area contributed by atoms with Crippen molar-refractivity contribution in [1.29, 1.82) is 5.26 Å². The third-order valence-corrected chi connectivity index (χ3v) is 3.61. The fourth-order valence-corrected chi connectivity index (χ4v) is 2.64. The summed E-state index contributed by atoms with van der Waals surface area (Å²) in [6.45, 7) is 0. The van der Waals surface area contributed by atoms with Crippen LogP contribution in [0.1, 0.15) is 29.2 Å². The van der Waals surface area contributed by atoms with E-state index >= 15 is 0 Å². The Morgan fingerprint density at radius 2 is 2.00 bits per heavy atom. The minimum Gasteiger partial charge on any atom is -0.378 e. The number of anilines is 1. The Balaban J connectivity index is 1.86. The van der Waals surface area contributed by atoms with Crippen LogP contribution < -0.4 is 5.32 Å². The van der Waals surface area contributed by atoms with Gasteiger partial charge in [-0.1, -0.05) is 6.07 Å². The molecule has 100 valence electrons. The lowest BCUT2D eigenvalue weighted by molar-refractivity contribution is 0.623. The van der Waals surface area contributed by atoms with Crippen LogP contribution in [0.4, 0.5) is 14.5 Å². The highest BCUT2D eigenvalue weighted by molar-refractivity contribution is 5.52. The molecule has 0 fully saturated rings. The first-order valence-electron chi connectivity index (χ1n) is 6.42. The molecule has 0 spiro atoms. The minimum absolute atomic E-state index is 0.0207. The Hall–Kier alpha value is -2.41. The molecule has 20 heavy (non-hydrogen) atoms. The summed E-state index contributed by atoms with van der Waals surface area (Å²) < 4.78 is 26.4. The fraction of sp³-hybridized carbons (Fsp3) is 0.188. The highest BCUT2D eigenvalue weighted by atomic mass is 19.1. The van der Waals surface area contributed by atoms with Crippen LogP contribution in [0.3, 0.4) is 0 Å². The monoisotopic (exact) mass is 270 g/mol. The molecule has 4 heteroatoms. The summed E-state index contributed by atoms with van der Waals surface area (Å²) in [6.07, 6.45) is 1.68. The van der Waals surface area contributed by atoms with Gasteiger partial charge in [-0.05, 0) is 54.3 Å². The standard InChI is InChI=1S/C16H12F2N2/c17-12-2-4-14-10(7-12)1-6-16(14)20-13-3-5-15(18)11(8-13)9-19/h2-5,7-8,16,20H,1,6H2. The van der Waals surface area contributed by atoms with Crippen molar-refractivity contribution in [1.82, 2.24) is 0 Å². The molecule has 0 aliphatic heterocycles. The lowest BCUT2D eigenvalue weighted by Gasteiger charge is -2.15. The average Bonchev–Trinajstić information content (AvgIpc) is 2.83. The van der Waals surface area contributed by atoms with E-state index in [1.54, 1.807) is 18.2 Å². The molecule has 2 nitrogen and oxygen atoms in total. The summed E-state index contributed by atoms with van der Waals surface area (Å²) >= 11 is 0. The van der Waals surface area contributed by atoms with Crippen LogP contribution in [0.5, 0.6) is 0 Å². The number of benzene rings is 2. The Labute approximate surface area is 115 Å². The van der Waals surface area contributed by atoms with Crippen molar-refractivity contribution in [3.63, 3.8) is 0 Å². The molecule has 1 unspecified atom stereocenters. The smallest absolute Gasteiger partial charge is 0.141 e. The van der Waals surface area contributed by atoms with Gasteiger partial charge in [0.25, 0.3) is 0 Å². The van der Waals surface area contributed by atoms with Gasteiger partial charge in [0.2, 0.25) is 0 Å². The zero-order valence-electron chi connectivity index (χ0n) is 10.7. The number of halogens is 2. The van der Waals surface area contributed by atoms with Crippen molar-refractivity contribution in [3.8, 4) is 6.07 Å².